The Bertz CT molecular complexity index is 1240. The summed E-state index contributed by atoms with van der Waals surface area (Å²) in [6.45, 7) is 2.19. The minimum atomic E-state index is -0.967. The Hall–Kier alpha value is -4.07. The Morgan fingerprint density at radius 2 is 1.45 bits per heavy atom. The zero-order chi connectivity index (χ0) is 22.9. The molecule has 0 bridgehead atoms. The first-order valence-electron chi connectivity index (χ1n) is 10.6. The number of carbonyl (C=O) groups excluding carboxylic acids is 2. The second-order valence-electron chi connectivity index (χ2n) is 7.79. The number of carbonyl (C=O) groups is 2. The highest BCUT2D eigenvalue weighted by Gasteiger charge is 2.44. The van der Waals surface area contributed by atoms with E-state index < -0.39 is 23.4 Å². The highest BCUT2D eigenvalue weighted by Crippen LogP contribution is 2.36. The lowest BCUT2D eigenvalue weighted by molar-refractivity contribution is -0.120. The van der Waals surface area contributed by atoms with Crippen LogP contribution in [0.15, 0.2) is 78.6 Å². The second-order valence-corrected chi connectivity index (χ2v) is 7.79. The molecule has 2 amide bonds. The summed E-state index contributed by atoms with van der Waals surface area (Å²) in [6, 6.07) is 17.4. The van der Waals surface area contributed by atoms with Crippen molar-refractivity contribution >= 4 is 28.9 Å². The zero-order valence-electron chi connectivity index (χ0n) is 17.6. The Labute approximate surface area is 189 Å². The molecule has 5 rings (SSSR count). The molecule has 1 fully saturated rings. The predicted molar refractivity (Wildman–Crippen MR) is 120 cm³/mol. The molecule has 0 radical (unpaired) electrons. The van der Waals surface area contributed by atoms with E-state index in [1.165, 1.54) is 0 Å². The highest BCUT2D eigenvalue weighted by molar-refractivity contribution is 6.45. The second kappa shape index (κ2) is 8.46. The van der Waals surface area contributed by atoms with Crippen LogP contribution in [0.25, 0.3) is 5.57 Å². The van der Waals surface area contributed by atoms with E-state index in [0.29, 0.717) is 37.8 Å². The van der Waals surface area contributed by atoms with Crippen LogP contribution in [-0.2, 0) is 9.59 Å². The molecular weight excluding hydrogens is 426 g/mol. The van der Waals surface area contributed by atoms with Gasteiger partial charge in [0.2, 0.25) is 0 Å². The number of pyridine rings is 1. The van der Waals surface area contributed by atoms with Crippen molar-refractivity contribution in [3.63, 3.8) is 0 Å². The highest BCUT2D eigenvalue weighted by atomic mass is 19.1. The fraction of sp³-hybridized carbons (Fsp3) is 0.160. The van der Waals surface area contributed by atoms with E-state index >= 15 is 0 Å². The maximum atomic E-state index is 14.6. The summed E-state index contributed by atoms with van der Waals surface area (Å²) in [6.07, 6.45) is 1.73. The van der Waals surface area contributed by atoms with Crippen molar-refractivity contribution in [3.8, 4) is 0 Å². The summed E-state index contributed by atoms with van der Waals surface area (Å²) in [5, 5.41) is 0. The Morgan fingerprint density at radius 3 is 2.12 bits per heavy atom. The molecule has 0 saturated carbocycles. The molecule has 166 valence electrons. The number of nitrogens with zero attached hydrogens (tertiary/aromatic N) is 4. The third kappa shape index (κ3) is 3.73. The maximum Gasteiger partial charge on any atom is 0.282 e. The Morgan fingerprint density at radius 1 is 0.758 bits per heavy atom. The van der Waals surface area contributed by atoms with Crippen LogP contribution < -0.4 is 9.80 Å². The van der Waals surface area contributed by atoms with Crippen molar-refractivity contribution in [2.24, 2.45) is 0 Å². The number of amides is 2. The van der Waals surface area contributed by atoms with Crippen molar-refractivity contribution in [3.05, 3.63) is 95.8 Å². The van der Waals surface area contributed by atoms with E-state index in [1.807, 2.05) is 29.2 Å². The lowest BCUT2D eigenvalue weighted by Gasteiger charge is -2.37. The first-order chi connectivity index (χ1) is 16.0. The van der Waals surface area contributed by atoms with Crippen LogP contribution in [0, 0.1) is 11.6 Å². The van der Waals surface area contributed by atoms with E-state index in [1.54, 1.807) is 30.5 Å². The smallest absolute Gasteiger partial charge is 0.282 e. The first-order valence-corrected chi connectivity index (χ1v) is 10.6. The van der Waals surface area contributed by atoms with Crippen LogP contribution in [-0.4, -0.2) is 47.9 Å². The minimum Gasteiger partial charge on any atom is -0.363 e. The molecule has 0 N–H and O–H groups in total. The fourth-order valence-corrected chi connectivity index (χ4v) is 4.26. The maximum absolute atomic E-state index is 14.6. The molecule has 3 heterocycles. The number of benzene rings is 2. The largest absolute Gasteiger partial charge is 0.363 e. The predicted octanol–water partition coefficient (Wildman–Crippen LogP) is 3.47. The van der Waals surface area contributed by atoms with E-state index in [0.717, 1.165) is 22.9 Å². The van der Waals surface area contributed by atoms with E-state index in [4.69, 9.17) is 0 Å². The lowest BCUT2D eigenvalue weighted by atomic mass is 10.0. The molecule has 33 heavy (non-hydrogen) atoms. The van der Waals surface area contributed by atoms with Gasteiger partial charge in [0.05, 0.1) is 11.3 Å². The average Bonchev–Trinajstić information content (AvgIpc) is 3.10. The van der Waals surface area contributed by atoms with Crippen molar-refractivity contribution in [2.75, 3.05) is 36.0 Å². The average molecular weight is 446 g/mol. The van der Waals surface area contributed by atoms with Crippen molar-refractivity contribution in [2.45, 2.75) is 0 Å². The molecule has 2 aliphatic rings. The monoisotopic (exact) mass is 446 g/mol. The number of imide groups is 1. The fourth-order valence-electron chi connectivity index (χ4n) is 4.26. The van der Waals surface area contributed by atoms with Crippen molar-refractivity contribution in [1.82, 2.24) is 9.88 Å². The van der Waals surface area contributed by atoms with Crippen LogP contribution >= 0.6 is 0 Å². The van der Waals surface area contributed by atoms with Gasteiger partial charge in [-0.25, -0.2) is 18.7 Å². The molecule has 3 aromatic rings. The molecule has 1 saturated heterocycles. The van der Waals surface area contributed by atoms with E-state index in [9.17, 15) is 18.4 Å². The molecule has 0 atom stereocenters. The molecule has 0 unspecified atom stereocenters. The lowest BCUT2D eigenvalue weighted by Crippen LogP contribution is -2.48. The molecule has 2 aromatic carbocycles. The van der Waals surface area contributed by atoms with Gasteiger partial charge < -0.3 is 9.80 Å². The van der Waals surface area contributed by atoms with Crippen LogP contribution in [0.5, 0.6) is 0 Å². The molecule has 0 aliphatic carbocycles. The zero-order valence-corrected chi connectivity index (χ0v) is 17.6. The van der Waals surface area contributed by atoms with E-state index in [2.05, 4.69) is 9.88 Å². The normalized spacial score (nSPS) is 16.7. The summed E-state index contributed by atoms with van der Waals surface area (Å²) in [5.41, 5.74) is 0.760. The van der Waals surface area contributed by atoms with Crippen molar-refractivity contribution in [1.29, 1.82) is 0 Å². The van der Waals surface area contributed by atoms with Gasteiger partial charge in [0.25, 0.3) is 11.8 Å². The summed E-state index contributed by atoms with van der Waals surface area (Å²) in [5.74, 6) is -2.14. The standard InChI is InChI=1S/C25H20F2N4O2/c26-18-9-10-20(19(27)16-18)31-24(32)22(17-6-2-1-3-7-17)23(25(31)33)30-14-12-29(13-15-30)21-8-4-5-11-28-21/h1-11,16H,12-15H2. The van der Waals surface area contributed by atoms with Gasteiger partial charge in [-0.3, -0.25) is 9.59 Å². The first kappa shape index (κ1) is 20.8. The van der Waals surface area contributed by atoms with Gasteiger partial charge >= 0.3 is 0 Å². The van der Waals surface area contributed by atoms with Crippen LogP contribution in [0.4, 0.5) is 20.3 Å². The number of piperazine rings is 1. The van der Waals surface area contributed by atoms with Gasteiger partial charge in [-0.1, -0.05) is 36.4 Å². The van der Waals surface area contributed by atoms with Gasteiger partial charge in [0, 0.05) is 38.4 Å². The molecular formula is C25H20F2N4O2. The molecule has 8 heteroatoms. The molecule has 6 nitrogen and oxygen atoms in total. The van der Waals surface area contributed by atoms with Crippen LogP contribution in [0.1, 0.15) is 5.56 Å². The quantitative estimate of drug-likeness (QED) is 0.575. The summed E-state index contributed by atoms with van der Waals surface area (Å²) < 4.78 is 28.0. The summed E-state index contributed by atoms with van der Waals surface area (Å²) in [7, 11) is 0. The van der Waals surface area contributed by atoms with E-state index in [-0.39, 0.29) is 17.0 Å². The third-order valence-corrected chi connectivity index (χ3v) is 5.84. The summed E-state index contributed by atoms with van der Waals surface area (Å²) >= 11 is 0. The van der Waals surface area contributed by atoms with Crippen LogP contribution in [0.2, 0.25) is 0 Å². The topological polar surface area (TPSA) is 56.8 Å². The summed E-state index contributed by atoms with van der Waals surface area (Å²) in [4.78, 5) is 36.1. The SMILES string of the molecule is O=C1C(c2ccccc2)=C(N2CCN(c3ccccn3)CC2)C(=O)N1c1ccc(F)cc1F. The number of halogens is 2. The van der Waals surface area contributed by atoms with Gasteiger partial charge in [-0.15, -0.1) is 0 Å². The number of rotatable bonds is 4. The van der Waals surface area contributed by atoms with Gasteiger partial charge in [0.1, 0.15) is 23.1 Å². The number of anilines is 2. The number of hydrogen-bond donors (Lipinski definition) is 0. The van der Waals surface area contributed by atoms with Gasteiger partial charge in [0.15, 0.2) is 0 Å². The van der Waals surface area contributed by atoms with Gasteiger partial charge in [-0.05, 0) is 29.8 Å². The van der Waals surface area contributed by atoms with Gasteiger partial charge in [-0.2, -0.15) is 0 Å². The molecule has 2 aliphatic heterocycles. The Kier molecular flexibility index (Phi) is 5.34. The third-order valence-electron chi connectivity index (χ3n) is 5.84. The van der Waals surface area contributed by atoms with Crippen LogP contribution in [0.3, 0.4) is 0 Å². The molecule has 0 spiro atoms. The Balaban J connectivity index is 1.51. The molecule has 1 aromatic heterocycles. The number of hydrogen-bond acceptors (Lipinski definition) is 5. The number of aromatic nitrogens is 1. The van der Waals surface area contributed by atoms with Crippen molar-refractivity contribution < 1.29 is 18.4 Å². The minimum absolute atomic E-state index is 0.218.